The number of amides is 1. The average molecular weight is 414 g/mol. The summed E-state index contributed by atoms with van der Waals surface area (Å²) in [5, 5.41) is 4.36. The number of nitrogens with zero attached hydrogens (tertiary/aromatic N) is 2. The third-order valence-corrected chi connectivity index (χ3v) is 7.45. The fourth-order valence-electron chi connectivity index (χ4n) is 3.71. The van der Waals surface area contributed by atoms with E-state index in [2.05, 4.69) is 5.32 Å². The normalized spacial score (nSPS) is 13.5. The van der Waals surface area contributed by atoms with Crippen LogP contribution in [-0.2, 0) is 24.7 Å². The second kappa shape index (κ2) is 7.72. The summed E-state index contributed by atoms with van der Waals surface area (Å²) in [4.78, 5) is 32.2. The largest absolute Gasteiger partial charge is 0.325 e. The molecular formula is C21H23N3O2S2. The highest BCUT2D eigenvalue weighted by Gasteiger charge is 2.21. The molecule has 0 spiro atoms. The number of anilines is 1. The number of carbonyl (C=O) groups is 1. The molecule has 1 aromatic carbocycles. The zero-order chi connectivity index (χ0) is 19.8. The summed E-state index contributed by atoms with van der Waals surface area (Å²) in [5.41, 5.74) is 4.13. The number of rotatable bonds is 4. The first-order valence-electron chi connectivity index (χ1n) is 9.46. The molecule has 146 valence electrons. The van der Waals surface area contributed by atoms with Gasteiger partial charge in [-0.2, -0.15) is 0 Å². The standard InChI is InChI=1S/C21H23N3O2S2/c1-12-7-6-8-13(2)18(12)22-16(25)11-27-21-23-19-17(20(26)24(21)3)14-9-4-5-10-15(14)28-19/h6-8H,4-5,9-11H2,1-3H3,(H,22,25). The maximum absolute atomic E-state index is 12.9. The topological polar surface area (TPSA) is 64.0 Å². The quantitative estimate of drug-likeness (QED) is 0.514. The fourth-order valence-corrected chi connectivity index (χ4v) is 5.79. The van der Waals surface area contributed by atoms with Gasteiger partial charge in [-0.3, -0.25) is 14.2 Å². The lowest BCUT2D eigenvalue weighted by Gasteiger charge is -2.12. The zero-order valence-corrected chi connectivity index (χ0v) is 17.9. The first-order valence-corrected chi connectivity index (χ1v) is 11.3. The van der Waals surface area contributed by atoms with Gasteiger partial charge in [-0.05, 0) is 56.2 Å². The van der Waals surface area contributed by atoms with Crippen LogP contribution >= 0.6 is 23.1 Å². The number of thioether (sulfide) groups is 1. The third kappa shape index (κ3) is 3.49. The van der Waals surface area contributed by atoms with Crippen LogP contribution in [0.5, 0.6) is 0 Å². The van der Waals surface area contributed by atoms with Gasteiger partial charge in [-0.25, -0.2) is 4.98 Å². The minimum atomic E-state index is -0.0952. The summed E-state index contributed by atoms with van der Waals surface area (Å²) < 4.78 is 1.58. The minimum absolute atomic E-state index is 0.00190. The Morgan fingerprint density at radius 2 is 1.96 bits per heavy atom. The molecule has 0 atom stereocenters. The molecule has 2 aromatic heterocycles. The van der Waals surface area contributed by atoms with E-state index in [0.717, 1.165) is 46.3 Å². The summed E-state index contributed by atoms with van der Waals surface area (Å²) in [6, 6.07) is 5.94. The Hall–Kier alpha value is -2.12. The fraction of sp³-hybridized carbons (Fsp3) is 0.381. The van der Waals surface area contributed by atoms with Crippen molar-refractivity contribution in [2.24, 2.45) is 7.05 Å². The summed E-state index contributed by atoms with van der Waals surface area (Å²) in [5.74, 6) is 0.118. The molecule has 7 heteroatoms. The number of hydrogen-bond donors (Lipinski definition) is 1. The third-order valence-electron chi connectivity index (χ3n) is 5.23. The summed E-state index contributed by atoms with van der Waals surface area (Å²) in [6.07, 6.45) is 4.33. The van der Waals surface area contributed by atoms with E-state index in [1.54, 1.807) is 23.0 Å². The van der Waals surface area contributed by atoms with Crippen LogP contribution in [0.1, 0.15) is 34.4 Å². The lowest BCUT2D eigenvalue weighted by molar-refractivity contribution is -0.113. The van der Waals surface area contributed by atoms with Gasteiger partial charge in [-0.1, -0.05) is 30.0 Å². The van der Waals surface area contributed by atoms with Gasteiger partial charge in [0, 0.05) is 17.6 Å². The van der Waals surface area contributed by atoms with Crippen molar-refractivity contribution in [3.63, 3.8) is 0 Å². The Kier molecular flexibility index (Phi) is 5.29. The van der Waals surface area contributed by atoms with Crippen molar-refractivity contribution in [3.05, 3.63) is 50.1 Å². The molecule has 0 saturated carbocycles. The van der Waals surface area contributed by atoms with E-state index >= 15 is 0 Å². The van der Waals surface area contributed by atoms with Gasteiger partial charge in [-0.15, -0.1) is 11.3 Å². The summed E-state index contributed by atoms with van der Waals surface area (Å²) in [7, 11) is 1.74. The molecule has 0 bridgehead atoms. The molecule has 4 rings (SSSR count). The zero-order valence-electron chi connectivity index (χ0n) is 16.3. The number of fused-ring (bicyclic) bond motifs is 3. The van der Waals surface area contributed by atoms with Crippen molar-refractivity contribution in [2.75, 3.05) is 11.1 Å². The van der Waals surface area contributed by atoms with Crippen LogP contribution in [0.3, 0.4) is 0 Å². The Bertz CT molecular complexity index is 1110. The monoisotopic (exact) mass is 413 g/mol. The lowest BCUT2D eigenvalue weighted by Crippen LogP contribution is -2.22. The lowest BCUT2D eigenvalue weighted by atomic mass is 9.97. The first kappa shape index (κ1) is 19.2. The molecule has 0 radical (unpaired) electrons. The average Bonchev–Trinajstić information content (AvgIpc) is 3.05. The summed E-state index contributed by atoms with van der Waals surface area (Å²) >= 11 is 2.95. The molecule has 0 saturated heterocycles. The second-order valence-electron chi connectivity index (χ2n) is 7.25. The molecule has 1 N–H and O–H groups in total. The molecule has 1 aliphatic rings. The Morgan fingerprint density at radius 1 is 1.25 bits per heavy atom. The van der Waals surface area contributed by atoms with Crippen LogP contribution in [0.25, 0.3) is 10.2 Å². The molecule has 2 heterocycles. The smallest absolute Gasteiger partial charge is 0.262 e. The van der Waals surface area contributed by atoms with Crippen LogP contribution in [0, 0.1) is 13.8 Å². The van der Waals surface area contributed by atoms with Crippen LogP contribution in [0.15, 0.2) is 28.2 Å². The molecule has 0 fully saturated rings. The highest BCUT2D eigenvalue weighted by Crippen LogP contribution is 2.34. The predicted molar refractivity (Wildman–Crippen MR) is 117 cm³/mol. The number of carbonyl (C=O) groups excluding carboxylic acids is 1. The van der Waals surface area contributed by atoms with Gasteiger partial charge in [0.15, 0.2) is 5.16 Å². The molecule has 0 unspecified atom stereocenters. The highest BCUT2D eigenvalue weighted by molar-refractivity contribution is 7.99. The van der Waals surface area contributed by atoms with Crippen molar-refractivity contribution in [1.82, 2.24) is 9.55 Å². The van der Waals surface area contributed by atoms with Crippen molar-refractivity contribution in [2.45, 2.75) is 44.7 Å². The van der Waals surface area contributed by atoms with E-state index in [-0.39, 0.29) is 17.2 Å². The van der Waals surface area contributed by atoms with Crippen LogP contribution in [-0.4, -0.2) is 21.2 Å². The maximum atomic E-state index is 12.9. The van der Waals surface area contributed by atoms with Crippen LogP contribution in [0.4, 0.5) is 5.69 Å². The van der Waals surface area contributed by atoms with E-state index in [1.165, 1.54) is 28.6 Å². The van der Waals surface area contributed by atoms with Crippen LogP contribution < -0.4 is 10.9 Å². The number of benzene rings is 1. The van der Waals surface area contributed by atoms with Crippen molar-refractivity contribution < 1.29 is 4.79 Å². The van der Waals surface area contributed by atoms with Gasteiger partial charge in [0.1, 0.15) is 4.83 Å². The maximum Gasteiger partial charge on any atom is 0.262 e. The van der Waals surface area contributed by atoms with Gasteiger partial charge >= 0.3 is 0 Å². The second-order valence-corrected chi connectivity index (χ2v) is 9.28. The van der Waals surface area contributed by atoms with Crippen molar-refractivity contribution >= 4 is 44.9 Å². The van der Waals surface area contributed by atoms with Gasteiger partial charge in [0.05, 0.1) is 11.1 Å². The Balaban J connectivity index is 1.56. The summed E-state index contributed by atoms with van der Waals surface area (Å²) in [6.45, 7) is 3.96. The number of hydrogen-bond acceptors (Lipinski definition) is 5. The molecule has 5 nitrogen and oxygen atoms in total. The van der Waals surface area contributed by atoms with Gasteiger partial charge in [0.2, 0.25) is 5.91 Å². The van der Waals surface area contributed by atoms with Gasteiger partial charge < -0.3 is 5.32 Å². The highest BCUT2D eigenvalue weighted by atomic mass is 32.2. The Labute approximate surface area is 172 Å². The van der Waals surface area contributed by atoms with Crippen molar-refractivity contribution in [3.8, 4) is 0 Å². The van der Waals surface area contributed by atoms with Crippen LogP contribution in [0.2, 0.25) is 0 Å². The van der Waals surface area contributed by atoms with Crippen molar-refractivity contribution in [1.29, 1.82) is 0 Å². The SMILES string of the molecule is Cc1cccc(C)c1NC(=O)CSc1nc2sc3c(c2c(=O)n1C)CCCC3. The van der Waals surface area contributed by atoms with E-state index in [0.29, 0.717) is 5.16 Å². The van der Waals surface area contributed by atoms with E-state index in [4.69, 9.17) is 4.98 Å². The molecule has 3 aromatic rings. The van der Waals surface area contributed by atoms with E-state index in [9.17, 15) is 9.59 Å². The van der Waals surface area contributed by atoms with E-state index in [1.807, 2.05) is 32.0 Å². The number of nitrogens with one attached hydrogen (secondary N) is 1. The number of thiophene rings is 1. The van der Waals surface area contributed by atoms with Gasteiger partial charge in [0.25, 0.3) is 5.56 Å². The number of aryl methyl sites for hydroxylation is 4. The first-order chi connectivity index (χ1) is 13.5. The molecule has 28 heavy (non-hydrogen) atoms. The van der Waals surface area contributed by atoms with E-state index < -0.39 is 0 Å². The molecule has 0 aliphatic heterocycles. The molecule has 1 amide bonds. The molecule has 1 aliphatic carbocycles. The minimum Gasteiger partial charge on any atom is -0.325 e. The molecular weight excluding hydrogens is 390 g/mol. The number of aromatic nitrogens is 2. The Morgan fingerprint density at radius 3 is 2.71 bits per heavy atom. The number of para-hydroxylation sites is 1. The predicted octanol–water partition coefficient (Wildman–Crippen LogP) is 4.22.